The number of nitrogens with one attached hydrogen (secondary N) is 1. The minimum absolute atomic E-state index is 0.0593. The van der Waals surface area contributed by atoms with E-state index in [0.29, 0.717) is 6.07 Å². The maximum Gasteiger partial charge on any atom is 0.328 e. The van der Waals surface area contributed by atoms with Crippen LogP contribution in [0.4, 0.5) is 8.78 Å². The highest BCUT2D eigenvalue weighted by Crippen LogP contribution is 2.10. The fraction of sp³-hybridized carbons (Fsp3) is 0.273. The van der Waals surface area contributed by atoms with Crippen LogP contribution in [-0.4, -0.2) is 34.7 Å². The summed E-state index contributed by atoms with van der Waals surface area (Å²) < 4.78 is 25.8. The Kier molecular flexibility index (Phi) is 4.73. The smallest absolute Gasteiger partial charge is 0.328 e. The average Bonchev–Trinajstić information content (AvgIpc) is 2.29. The summed E-state index contributed by atoms with van der Waals surface area (Å²) in [4.78, 5) is 21.9. The number of amides is 1. The second-order valence-electron chi connectivity index (χ2n) is 3.55. The highest BCUT2D eigenvalue weighted by Gasteiger charge is 2.19. The van der Waals surface area contributed by atoms with Crippen molar-refractivity contribution in [2.75, 3.05) is 6.61 Å². The molecule has 0 aromatic heterocycles. The fourth-order valence-corrected chi connectivity index (χ4v) is 1.27. The SMILES string of the molecule is O=C(Cc1ccc(F)cc1F)N[C@@H](CO)C(=O)O. The number of carbonyl (C=O) groups excluding carboxylic acids is 1. The number of aliphatic carboxylic acids is 1. The highest BCUT2D eigenvalue weighted by molar-refractivity contribution is 5.84. The first-order chi connectivity index (χ1) is 8.43. The van der Waals surface area contributed by atoms with Gasteiger partial charge >= 0.3 is 5.97 Å². The van der Waals surface area contributed by atoms with Crippen molar-refractivity contribution in [1.29, 1.82) is 0 Å². The third-order valence-corrected chi connectivity index (χ3v) is 2.18. The molecular weight excluding hydrogens is 248 g/mol. The quantitative estimate of drug-likeness (QED) is 0.698. The van der Waals surface area contributed by atoms with Gasteiger partial charge in [0.1, 0.15) is 17.7 Å². The van der Waals surface area contributed by atoms with Crippen molar-refractivity contribution in [2.45, 2.75) is 12.5 Å². The van der Waals surface area contributed by atoms with Gasteiger partial charge < -0.3 is 15.5 Å². The minimum Gasteiger partial charge on any atom is -0.480 e. The number of carboxylic acid groups (broad SMARTS) is 1. The first-order valence-electron chi connectivity index (χ1n) is 5.01. The van der Waals surface area contributed by atoms with Crippen molar-refractivity contribution in [2.24, 2.45) is 0 Å². The molecule has 1 rings (SSSR count). The van der Waals surface area contributed by atoms with Crippen molar-refractivity contribution in [3.05, 3.63) is 35.4 Å². The number of halogens is 2. The summed E-state index contributed by atoms with van der Waals surface area (Å²) in [6.45, 7) is -0.771. The predicted octanol–water partition coefficient (Wildman–Crippen LogP) is 0.0690. The Hall–Kier alpha value is -2.02. The minimum atomic E-state index is -1.44. The summed E-state index contributed by atoms with van der Waals surface area (Å²) in [5.41, 5.74) is -0.0593. The van der Waals surface area contributed by atoms with E-state index in [-0.39, 0.29) is 5.56 Å². The molecule has 0 aliphatic rings. The van der Waals surface area contributed by atoms with Gasteiger partial charge in [0.15, 0.2) is 0 Å². The van der Waals surface area contributed by atoms with Crippen LogP contribution >= 0.6 is 0 Å². The van der Waals surface area contributed by atoms with Gasteiger partial charge in [-0.15, -0.1) is 0 Å². The van der Waals surface area contributed by atoms with Crippen LogP contribution in [0, 0.1) is 11.6 Å². The molecule has 0 aliphatic heterocycles. The first kappa shape index (κ1) is 14.0. The molecule has 0 saturated heterocycles. The summed E-state index contributed by atoms with van der Waals surface area (Å²) in [5.74, 6) is -3.83. The van der Waals surface area contributed by atoms with Crippen molar-refractivity contribution in [1.82, 2.24) is 5.32 Å². The maximum absolute atomic E-state index is 13.2. The Morgan fingerprint density at radius 2 is 2.00 bits per heavy atom. The van der Waals surface area contributed by atoms with Gasteiger partial charge in [-0.25, -0.2) is 13.6 Å². The molecule has 0 radical (unpaired) electrons. The summed E-state index contributed by atoms with van der Waals surface area (Å²) in [6, 6.07) is 1.27. The predicted molar refractivity (Wildman–Crippen MR) is 56.7 cm³/mol. The van der Waals surface area contributed by atoms with Crippen LogP contribution in [0.15, 0.2) is 18.2 Å². The molecule has 0 unspecified atom stereocenters. The molecule has 3 N–H and O–H groups in total. The Bertz CT molecular complexity index is 464. The normalized spacial score (nSPS) is 11.9. The Morgan fingerprint density at radius 1 is 1.33 bits per heavy atom. The summed E-state index contributed by atoms with van der Waals surface area (Å²) in [5, 5.41) is 19.3. The molecule has 1 amide bonds. The van der Waals surface area contributed by atoms with E-state index in [1.165, 1.54) is 0 Å². The van der Waals surface area contributed by atoms with E-state index >= 15 is 0 Å². The molecule has 1 atom stereocenters. The van der Waals surface area contributed by atoms with Crippen LogP contribution in [-0.2, 0) is 16.0 Å². The molecule has 0 fully saturated rings. The van der Waals surface area contributed by atoms with Gasteiger partial charge in [-0.3, -0.25) is 4.79 Å². The lowest BCUT2D eigenvalue weighted by atomic mass is 10.1. The average molecular weight is 259 g/mol. The number of aliphatic hydroxyl groups is 1. The molecule has 7 heteroatoms. The van der Waals surface area contributed by atoms with Crippen LogP contribution in [0.3, 0.4) is 0 Å². The lowest BCUT2D eigenvalue weighted by Gasteiger charge is -2.11. The third kappa shape index (κ3) is 3.77. The second-order valence-corrected chi connectivity index (χ2v) is 3.55. The number of benzene rings is 1. The number of rotatable bonds is 5. The number of carbonyl (C=O) groups is 2. The molecule has 0 aliphatic carbocycles. The molecule has 18 heavy (non-hydrogen) atoms. The Balaban J connectivity index is 2.67. The molecule has 0 heterocycles. The van der Waals surface area contributed by atoms with Gasteiger partial charge in [-0.2, -0.15) is 0 Å². The summed E-state index contributed by atoms with van der Waals surface area (Å²) in [7, 11) is 0. The van der Waals surface area contributed by atoms with Gasteiger partial charge in [-0.1, -0.05) is 6.07 Å². The van der Waals surface area contributed by atoms with E-state index in [1.54, 1.807) is 0 Å². The number of aliphatic hydroxyl groups excluding tert-OH is 1. The van der Waals surface area contributed by atoms with Gasteiger partial charge in [-0.05, 0) is 11.6 Å². The van der Waals surface area contributed by atoms with Gasteiger partial charge in [0.05, 0.1) is 13.0 Å². The lowest BCUT2D eigenvalue weighted by Crippen LogP contribution is -2.44. The number of carboxylic acids is 1. The van der Waals surface area contributed by atoms with Crippen molar-refractivity contribution < 1.29 is 28.6 Å². The molecule has 5 nitrogen and oxygen atoms in total. The fourth-order valence-electron chi connectivity index (χ4n) is 1.27. The standard InChI is InChI=1S/C11H11F2NO4/c12-7-2-1-6(8(13)4-7)3-10(16)14-9(5-15)11(17)18/h1-2,4,9,15H,3,5H2,(H,14,16)(H,17,18)/t9-/m0/s1. The molecule has 98 valence electrons. The van der Waals surface area contributed by atoms with E-state index in [0.717, 1.165) is 12.1 Å². The highest BCUT2D eigenvalue weighted by atomic mass is 19.1. The monoisotopic (exact) mass is 259 g/mol. The first-order valence-corrected chi connectivity index (χ1v) is 5.01. The molecule has 1 aromatic rings. The Morgan fingerprint density at radius 3 is 2.50 bits per heavy atom. The van der Waals surface area contributed by atoms with Gasteiger partial charge in [0.25, 0.3) is 0 Å². The molecule has 0 spiro atoms. The summed E-state index contributed by atoms with van der Waals surface area (Å²) >= 11 is 0. The molecular formula is C11H11F2NO4. The van der Waals surface area contributed by atoms with E-state index in [1.807, 2.05) is 5.32 Å². The van der Waals surface area contributed by atoms with Crippen molar-refractivity contribution in [3.8, 4) is 0 Å². The zero-order chi connectivity index (χ0) is 13.7. The van der Waals surface area contributed by atoms with E-state index in [2.05, 4.69) is 0 Å². The van der Waals surface area contributed by atoms with E-state index in [4.69, 9.17) is 10.2 Å². The zero-order valence-electron chi connectivity index (χ0n) is 9.19. The van der Waals surface area contributed by atoms with E-state index in [9.17, 15) is 18.4 Å². The Labute approximate surface area is 101 Å². The van der Waals surface area contributed by atoms with Crippen molar-refractivity contribution in [3.63, 3.8) is 0 Å². The number of hydrogen-bond donors (Lipinski definition) is 3. The van der Waals surface area contributed by atoms with Crippen molar-refractivity contribution >= 4 is 11.9 Å². The third-order valence-electron chi connectivity index (χ3n) is 2.18. The van der Waals surface area contributed by atoms with Crippen LogP contribution in [0.25, 0.3) is 0 Å². The molecule has 1 aromatic carbocycles. The van der Waals surface area contributed by atoms with Crippen LogP contribution < -0.4 is 5.32 Å². The lowest BCUT2D eigenvalue weighted by molar-refractivity contribution is -0.142. The number of hydrogen-bond acceptors (Lipinski definition) is 3. The molecule has 0 bridgehead atoms. The van der Waals surface area contributed by atoms with E-state index < -0.39 is 42.6 Å². The largest absolute Gasteiger partial charge is 0.480 e. The zero-order valence-corrected chi connectivity index (χ0v) is 9.19. The topological polar surface area (TPSA) is 86.6 Å². The van der Waals surface area contributed by atoms with Gasteiger partial charge in [0, 0.05) is 6.07 Å². The van der Waals surface area contributed by atoms with Crippen LogP contribution in [0.5, 0.6) is 0 Å². The summed E-state index contributed by atoms with van der Waals surface area (Å²) in [6.07, 6.45) is -0.435. The second kappa shape index (κ2) is 6.06. The maximum atomic E-state index is 13.2. The molecule has 0 saturated carbocycles. The van der Waals surface area contributed by atoms with Gasteiger partial charge in [0.2, 0.25) is 5.91 Å². The van der Waals surface area contributed by atoms with Crippen LogP contribution in [0.1, 0.15) is 5.56 Å². The van der Waals surface area contributed by atoms with Crippen LogP contribution in [0.2, 0.25) is 0 Å².